The second-order valence-corrected chi connectivity index (χ2v) is 11.9. The smallest absolute Gasteiger partial charge is 0.264 e. The molecule has 8 nitrogen and oxygen atoms in total. The maximum atomic E-state index is 14.3. The first-order chi connectivity index (χ1) is 20.6. The standard InChI is InChI=1S/C32H31ClFN3O5S/c1-35-32(39)30(19-23-10-5-3-6-11-23)36(21-24-12-9-13-26(18-24)42-2)31(38)22-37(25-16-17-29(34)28(33)20-25)43(40,41)27-14-7-4-8-15-27/h3-18,20,30H,19,21-22H2,1-2H3,(H,35,39). The molecule has 1 unspecified atom stereocenters. The Labute approximate surface area is 255 Å². The highest BCUT2D eigenvalue weighted by atomic mass is 35.5. The number of nitrogens with zero attached hydrogens (tertiary/aromatic N) is 2. The maximum absolute atomic E-state index is 14.3. The number of ether oxygens (including phenoxy) is 1. The number of nitrogens with one attached hydrogen (secondary N) is 1. The van der Waals surface area contributed by atoms with Crippen LogP contribution in [0.5, 0.6) is 5.75 Å². The van der Waals surface area contributed by atoms with Crippen LogP contribution >= 0.6 is 11.6 Å². The first kappa shape index (κ1) is 31.5. The Morgan fingerprint density at radius 1 is 0.907 bits per heavy atom. The van der Waals surface area contributed by atoms with Crippen LogP contribution in [-0.2, 0) is 32.6 Å². The molecule has 0 saturated heterocycles. The van der Waals surface area contributed by atoms with Crippen molar-refractivity contribution in [1.29, 1.82) is 0 Å². The summed E-state index contributed by atoms with van der Waals surface area (Å²) in [6.45, 7) is -0.713. The lowest BCUT2D eigenvalue weighted by atomic mass is 10.0. The molecule has 0 radical (unpaired) electrons. The Hall–Kier alpha value is -4.41. The van der Waals surface area contributed by atoms with E-state index in [0.29, 0.717) is 11.3 Å². The van der Waals surface area contributed by atoms with Crippen LogP contribution in [0.25, 0.3) is 0 Å². The first-order valence-electron chi connectivity index (χ1n) is 13.3. The van der Waals surface area contributed by atoms with Crippen LogP contribution in [0.15, 0.2) is 108 Å². The number of halogens is 2. The molecule has 1 N–H and O–H groups in total. The Balaban J connectivity index is 1.80. The van der Waals surface area contributed by atoms with Crippen molar-refractivity contribution in [2.45, 2.75) is 23.9 Å². The Morgan fingerprint density at radius 3 is 2.19 bits per heavy atom. The minimum Gasteiger partial charge on any atom is -0.497 e. The van der Waals surface area contributed by atoms with E-state index in [1.54, 1.807) is 42.5 Å². The normalized spacial score (nSPS) is 11.8. The maximum Gasteiger partial charge on any atom is 0.264 e. The molecular formula is C32H31ClFN3O5S. The first-order valence-corrected chi connectivity index (χ1v) is 15.2. The van der Waals surface area contributed by atoms with Crippen LogP contribution in [0.3, 0.4) is 0 Å². The van der Waals surface area contributed by atoms with Gasteiger partial charge in [-0.15, -0.1) is 0 Å². The van der Waals surface area contributed by atoms with Crippen molar-refractivity contribution < 1.29 is 27.1 Å². The highest BCUT2D eigenvalue weighted by molar-refractivity contribution is 7.92. The summed E-state index contributed by atoms with van der Waals surface area (Å²) >= 11 is 6.03. The third-order valence-corrected chi connectivity index (χ3v) is 8.88. The number of benzene rings is 4. The summed E-state index contributed by atoms with van der Waals surface area (Å²) in [6.07, 6.45) is 0.171. The SMILES string of the molecule is CNC(=O)C(Cc1ccccc1)N(Cc1cccc(OC)c1)C(=O)CN(c1ccc(F)c(Cl)c1)S(=O)(=O)c1ccccc1. The van der Waals surface area contributed by atoms with E-state index in [2.05, 4.69) is 5.32 Å². The molecule has 11 heteroatoms. The van der Waals surface area contributed by atoms with Gasteiger partial charge >= 0.3 is 0 Å². The third-order valence-electron chi connectivity index (χ3n) is 6.81. The van der Waals surface area contributed by atoms with E-state index in [9.17, 15) is 22.4 Å². The highest BCUT2D eigenvalue weighted by Gasteiger charge is 2.34. The van der Waals surface area contributed by atoms with Gasteiger partial charge in [0.25, 0.3) is 10.0 Å². The van der Waals surface area contributed by atoms with Crippen molar-refractivity contribution in [1.82, 2.24) is 10.2 Å². The number of methoxy groups -OCH3 is 1. The second kappa shape index (κ2) is 14.2. The fraction of sp³-hybridized carbons (Fsp3) is 0.188. The van der Waals surface area contributed by atoms with Crippen LogP contribution in [0.4, 0.5) is 10.1 Å². The average Bonchev–Trinajstić information content (AvgIpc) is 3.03. The monoisotopic (exact) mass is 623 g/mol. The number of hydrogen-bond acceptors (Lipinski definition) is 5. The molecule has 4 rings (SSSR count). The number of anilines is 1. The van der Waals surface area contributed by atoms with Crippen molar-refractivity contribution >= 4 is 39.1 Å². The molecule has 0 heterocycles. The zero-order valence-electron chi connectivity index (χ0n) is 23.6. The molecule has 0 aliphatic heterocycles. The van der Waals surface area contributed by atoms with Gasteiger partial charge < -0.3 is 15.0 Å². The third kappa shape index (κ3) is 7.71. The molecule has 0 fully saturated rings. The topological polar surface area (TPSA) is 96.0 Å². The summed E-state index contributed by atoms with van der Waals surface area (Å²) in [5, 5.41) is 2.33. The van der Waals surface area contributed by atoms with Gasteiger partial charge in [0.05, 0.1) is 22.7 Å². The number of amides is 2. The van der Waals surface area contributed by atoms with E-state index in [4.69, 9.17) is 16.3 Å². The molecule has 0 saturated carbocycles. The van der Waals surface area contributed by atoms with E-state index in [1.807, 2.05) is 30.3 Å². The van der Waals surface area contributed by atoms with Gasteiger partial charge in [-0.2, -0.15) is 0 Å². The zero-order valence-corrected chi connectivity index (χ0v) is 25.2. The summed E-state index contributed by atoms with van der Waals surface area (Å²) in [6, 6.07) is 26.2. The Bertz CT molecular complexity index is 1670. The van der Waals surface area contributed by atoms with E-state index < -0.39 is 40.2 Å². The second-order valence-electron chi connectivity index (χ2n) is 9.62. The summed E-state index contributed by atoms with van der Waals surface area (Å²) in [7, 11) is -1.33. The minimum absolute atomic E-state index is 0.00974. The molecule has 0 aliphatic carbocycles. The molecule has 0 bridgehead atoms. The van der Waals surface area contributed by atoms with Crippen molar-refractivity contribution in [2.75, 3.05) is 25.0 Å². The molecule has 0 spiro atoms. The molecule has 1 atom stereocenters. The molecule has 4 aromatic carbocycles. The molecular weight excluding hydrogens is 593 g/mol. The zero-order chi connectivity index (χ0) is 31.0. The van der Waals surface area contributed by atoms with Crippen LogP contribution < -0.4 is 14.4 Å². The fourth-order valence-electron chi connectivity index (χ4n) is 4.58. The number of rotatable bonds is 12. The lowest BCUT2D eigenvalue weighted by Crippen LogP contribution is -2.53. The molecule has 0 aromatic heterocycles. The Kier molecular flexibility index (Phi) is 10.4. The number of sulfonamides is 1. The van der Waals surface area contributed by atoms with Crippen LogP contribution in [-0.4, -0.2) is 51.9 Å². The summed E-state index contributed by atoms with van der Waals surface area (Å²) in [5.74, 6) is -1.27. The van der Waals surface area contributed by atoms with Gasteiger partial charge in [-0.05, 0) is 53.6 Å². The van der Waals surface area contributed by atoms with Gasteiger partial charge in [0.15, 0.2) is 0 Å². The number of carbonyl (C=O) groups excluding carboxylic acids is 2. The van der Waals surface area contributed by atoms with Gasteiger partial charge in [-0.3, -0.25) is 13.9 Å². The van der Waals surface area contributed by atoms with Crippen molar-refractivity contribution in [3.05, 3.63) is 125 Å². The van der Waals surface area contributed by atoms with Crippen molar-refractivity contribution in [3.8, 4) is 5.75 Å². The number of hydrogen-bond donors (Lipinski definition) is 1. The van der Waals surface area contributed by atoms with Gasteiger partial charge in [-0.25, -0.2) is 12.8 Å². The van der Waals surface area contributed by atoms with Gasteiger partial charge in [0.1, 0.15) is 24.2 Å². The molecule has 224 valence electrons. The van der Waals surface area contributed by atoms with Crippen LogP contribution in [0.1, 0.15) is 11.1 Å². The summed E-state index contributed by atoms with van der Waals surface area (Å²) < 4.78 is 48.1. The Morgan fingerprint density at radius 2 is 1.56 bits per heavy atom. The lowest BCUT2D eigenvalue weighted by Gasteiger charge is -2.33. The fourth-order valence-corrected chi connectivity index (χ4v) is 6.18. The lowest BCUT2D eigenvalue weighted by molar-refractivity contribution is -0.139. The van der Waals surface area contributed by atoms with Crippen molar-refractivity contribution in [3.63, 3.8) is 0 Å². The van der Waals surface area contributed by atoms with Crippen molar-refractivity contribution in [2.24, 2.45) is 0 Å². The van der Waals surface area contributed by atoms with Gasteiger partial charge in [0.2, 0.25) is 11.8 Å². The molecule has 4 aromatic rings. The minimum atomic E-state index is -4.32. The quantitative estimate of drug-likeness (QED) is 0.238. The predicted molar refractivity (Wildman–Crippen MR) is 164 cm³/mol. The molecule has 0 aliphatic rings. The number of carbonyl (C=O) groups is 2. The van der Waals surface area contributed by atoms with E-state index in [0.717, 1.165) is 22.0 Å². The van der Waals surface area contributed by atoms with E-state index >= 15 is 0 Å². The van der Waals surface area contributed by atoms with E-state index in [-0.39, 0.29) is 28.6 Å². The summed E-state index contributed by atoms with van der Waals surface area (Å²) in [5.41, 5.74) is 1.46. The van der Waals surface area contributed by atoms with E-state index in [1.165, 1.54) is 37.3 Å². The van der Waals surface area contributed by atoms with Gasteiger partial charge in [-0.1, -0.05) is 72.3 Å². The number of likely N-dealkylation sites (N-methyl/N-ethyl adjacent to an activating group) is 1. The van der Waals surface area contributed by atoms with Crippen LogP contribution in [0.2, 0.25) is 5.02 Å². The summed E-state index contributed by atoms with van der Waals surface area (Å²) in [4.78, 5) is 28.9. The predicted octanol–water partition coefficient (Wildman–Crippen LogP) is 5.07. The molecule has 2 amide bonds. The average molecular weight is 624 g/mol. The van der Waals surface area contributed by atoms with Gasteiger partial charge in [0, 0.05) is 20.0 Å². The molecule has 43 heavy (non-hydrogen) atoms. The highest BCUT2D eigenvalue weighted by Crippen LogP contribution is 2.28. The van der Waals surface area contributed by atoms with Crippen LogP contribution in [0, 0.1) is 5.82 Å². The largest absolute Gasteiger partial charge is 0.497 e.